The number of nitrogens with zero attached hydrogens (tertiary/aromatic N) is 1. The summed E-state index contributed by atoms with van der Waals surface area (Å²) in [6.07, 6.45) is 0.787. The number of hydrogen-bond donors (Lipinski definition) is 3. The van der Waals surface area contributed by atoms with Crippen molar-refractivity contribution in [3.05, 3.63) is 47.8 Å². The van der Waals surface area contributed by atoms with Gasteiger partial charge in [-0.25, -0.2) is 18.2 Å². The average Bonchev–Trinajstić information content (AvgIpc) is 2.97. The number of nitrogens with one attached hydrogen (secondary N) is 3. The molecule has 0 bridgehead atoms. The second-order valence-electron chi connectivity index (χ2n) is 6.30. The fourth-order valence-electron chi connectivity index (χ4n) is 2.65. The molecule has 0 saturated carbocycles. The van der Waals surface area contributed by atoms with Crippen molar-refractivity contribution in [1.29, 1.82) is 0 Å². The van der Waals surface area contributed by atoms with Crippen molar-refractivity contribution in [3.8, 4) is 11.5 Å². The van der Waals surface area contributed by atoms with Gasteiger partial charge in [-0.3, -0.25) is 4.79 Å². The molecule has 2 aromatic rings. The fraction of sp³-hybridized carbons (Fsp3) is 0.300. The molecule has 0 fully saturated rings. The van der Waals surface area contributed by atoms with Gasteiger partial charge in [-0.05, 0) is 31.2 Å². The van der Waals surface area contributed by atoms with Crippen LogP contribution in [-0.2, 0) is 4.79 Å². The average molecular weight is 422 g/mol. The zero-order valence-electron chi connectivity index (χ0n) is 16.2. The van der Waals surface area contributed by atoms with Crippen LogP contribution in [0.5, 0.6) is 11.5 Å². The van der Waals surface area contributed by atoms with E-state index in [4.69, 9.17) is 9.47 Å². The quantitative estimate of drug-likeness (QED) is 0.391. The van der Waals surface area contributed by atoms with Gasteiger partial charge in [-0.2, -0.15) is 0 Å². The van der Waals surface area contributed by atoms with Gasteiger partial charge >= 0.3 is 0 Å². The molecule has 10 heteroatoms. The van der Waals surface area contributed by atoms with Gasteiger partial charge in [-0.15, -0.1) is 0 Å². The number of ether oxygens (including phenoxy) is 2. The van der Waals surface area contributed by atoms with Crippen LogP contribution in [-0.4, -0.2) is 38.2 Å². The maximum Gasteiger partial charge on any atom is 0.246 e. The lowest BCUT2D eigenvalue weighted by atomic mass is 10.2. The number of hydrogen-bond acceptors (Lipinski definition) is 4. The van der Waals surface area contributed by atoms with E-state index in [9.17, 15) is 18.0 Å². The highest BCUT2D eigenvalue weighted by molar-refractivity contribution is 5.98. The van der Waals surface area contributed by atoms with E-state index >= 15 is 0 Å². The van der Waals surface area contributed by atoms with Crippen LogP contribution in [0.4, 0.5) is 24.5 Å². The molecule has 3 N–H and O–H groups in total. The maximum atomic E-state index is 13.7. The molecular formula is C20H21F3N4O3. The van der Waals surface area contributed by atoms with Crippen molar-refractivity contribution >= 4 is 23.2 Å². The van der Waals surface area contributed by atoms with Crippen LogP contribution >= 0.6 is 0 Å². The number of aliphatic imine (C=N–C) groups is 1. The van der Waals surface area contributed by atoms with Gasteiger partial charge in [0.05, 0.1) is 18.9 Å². The molecule has 1 aliphatic heterocycles. The summed E-state index contributed by atoms with van der Waals surface area (Å²) in [5, 5.41) is 8.18. The SMILES string of the molecule is CCNC(=NCC(=O)Nc1ccc(F)c(F)c1F)Nc1ccc2c(c1)OCCCO2. The monoisotopic (exact) mass is 422 g/mol. The molecule has 0 saturated heterocycles. The highest BCUT2D eigenvalue weighted by Gasteiger charge is 2.15. The minimum Gasteiger partial charge on any atom is -0.490 e. The Bertz CT molecular complexity index is 953. The van der Waals surface area contributed by atoms with Crippen LogP contribution in [0.15, 0.2) is 35.3 Å². The molecule has 3 rings (SSSR count). The van der Waals surface area contributed by atoms with E-state index in [0.717, 1.165) is 18.6 Å². The molecule has 0 aliphatic carbocycles. The summed E-state index contributed by atoms with van der Waals surface area (Å²) in [7, 11) is 0. The first-order valence-electron chi connectivity index (χ1n) is 9.36. The second kappa shape index (κ2) is 9.86. The topological polar surface area (TPSA) is 84.0 Å². The van der Waals surface area contributed by atoms with Crippen LogP contribution in [0.3, 0.4) is 0 Å². The zero-order valence-corrected chi connectivity index (χ0v) is 16.2. The predicted octanol–water partition coefficient (Wildman–Crippen LogP) is 3.28. The Labute approximate surface area is 171 Å². The van der Waals surface area contributed by atoms with E-state index < -0.39 is 29.0 Å². The van der Waals surface area contributed by atoms with E-state index in [1.807, 2.05) is 6.92 Å². The number of carbonyl (C=O) groups is 1. The zero-order chi connectivity index (χ0) is 21.5. The van der Waals surface area contributed by atoms with E-state index in [1.54, 1.807) is 18.2 Å². The van der Waals surface area contributed by atoms with Gasteiger partial charge < -0.3 is 25.4 Å². The molecule has 0 atom stereocenters. The molecule has 0 spiro atoms. The number of anilines is 2. The van der Waals surface area contributed by atoms with Gasteiger partial charge in [0.25, 0.3) is 0 Å². The predicted molar refractivity (Wildman–Crippen MR) is 107 cm³/mol. The first-order valence-corrected chi connectivity index (χ1v) is 9.36. The summed E-state index contributed by atoms with van der Waals surface area (Å²) in [5.41, 5.74) is 0.195. The smallest absolute Gasteiger partial charge is 0.246 e. The Balaban J connectivity index is 1.66. The van der Waals surface area contributed by atoms with Crippen LogP contribution in [0, 0.1) is 17.5 Å². The number of rotatable bonds is 5. The van der Waals surface area contributed by atoms with E-state index in [-0.39, 0.29) is 6.54 Å². The molecule has 2 aromatic carbocycles. The standard InChI is InChI=1S/C20H21F3N4O3/c1-2-24-20(26-12-4-7-15-16(10-12)30-9-3-8-29-15)25-11-17(28)27-14-6-5-13(21)18(22)19(14)23/h4-7,10H,2-3,8-9,11H2,1H3,(H,27,28)(H2,24,25,26). The largest absolute Gasteiger partial charge is 0.490 e. The third-order valence-electron chi connectivity index (χ3n) is 4.04. The summed E-state index contributed by atoms with van der Waals surface area (Å²) in [6.45, 7) is 3.12. The lowest BCUT2D eigenvalue weighted by Crippen LogP contribution is -2.32. The Morgan fingerprint density at radius 3 is 2.57 bits per heavy atom. The van der Waals surface area contributed by atoms with E-state index in [1.165, 1.54) is 0 Å². The van der Waals surface area contributed by atoms with Gasteiger partial charge in [0.2, 0.25) is 5.91 Å². The number of halogens is 3. The van der Waals surface area contributed by atoms with Crippen molar-refractivity contribution in [2.24, 2.45) is 4.99 Å². The molecule has 1 aliphatic rings. The Morgan fingerprint density at radius 1 is 1.03 bits per heavy atom. The van der Waals surface area contributed by atoms with Crippen LogP contribution in [0.25, 0.3) is 0 Å². The highest BCUT2D eigenvalue weighted by Crippen LogP contribution is 2.32. The summed E-state index contributed by atoms with van der Waals surface area (Å²) in [5.74, 6) is -3.61. The van der Waals surface area contributed by atoms with E-state index in [0.29, 0.717) is 42.9 Å². The van der Waals surface area contributed by atoms with Crippen LogP contribution in [0.2, 0.25) is 0 Å². The fourth-order valence-corrected chi connectivity index (χ4v) is 2.65. The van der Waals surface area contributed by atoms with Crippen molar-refractivity contribution in [2.45, 2.75) is 13.3 Å². The molecule has 7 nitrogen and oxygen atoms in total. The van der Waals surface area contributed by atoms with Crippen molar-refractivity contribution < 1.29 is 27.4 Å². The number of benzene rings is 2. The third kappa shape index (κ3) is 5.34. The Hall–Kier alpha value is -3.43. The first kappa shape index (κ1) is 21.3. The number of guanidine groups is 1. The molecular weight excluding hydrogens is 401 g/mol. The van der Waals surface area contributed by atoms with Crippen molar-refractivity contribution in [2.75, 3.05) is 36.9 Å². The second-order valence-corrected chi connectivity index (χ2v) is 6.30. The van der Waals surface area contributed by atoms with E-state index in [2.05, 4.69) is 20.9 Å². The van der Waals surface area contributed by atoms with Gasteiger partial charge in [0.1, 0.15) is 6.54 Å². The summed E-state index contributed by atoms with van der Waals surface area (Å²) >= 11 is 0. The highest BCUT2D eigenvalue weighted by atomic mass is 19.2. The molecule has 0 radical (unpaired) electrons. The minimum atomic E-state index is -1.65. The normalized spacial score (nSPS) is 13.4. The first-order chi connectivity index (χ1) is 14.5. The van der Waals surface area contributed by atoms with Crippen molar-refractivity contribution in [1.82, 2.24) is 5.32 Å². The summed E-state index contributed by atoms with van der Waals surface area (Å²) in [4.78, 5) is 16.2. The van der Waals surface area contributed by atoms with Crippen molar-refractivity contribution in [3.63, 3.8) is 0 Å². The molecule has 0 aromatic heterocycles. The Kier molecular flexibility index (Phi) is 6.99. The lowest BCUT2D eigenvalue weighted by Gasteiger charge is -2.14. The van der Waals surface area contributed by atoms with Crippen LogP contribution < -0.4 is 25.4 Å². The molecule has 160 valence electrons. The maximum absolute atomic E-state index is 13.7. The Morgan fingerprint density at radius 2 is 1.80 bits per heavy atom. The summed E-state index contributed by atoms with van der Waals surface area (Å²) in [6, 6.07) is 6.97. The summed E-state index contributed by atoms with van der Waals surface area (Å²) < 4.78 is 51.2. The molecule has 1 heterocycles. The third-order valence-corrected chi connectivity index (χ3v) is 4.04. The lowest BCUT2D eigenvalue weighted by molar-refractivity contribution is -0.114. The minimum absolute atomic E-state index is 0.299. The van der Waals surface area contributed by atoms with Gasteiger partial charge in [-0.1, -0.05) is 0 Å². The number of fused-ring (bicyclic) bond motifs is 1. The van der Waals surface area contributed by atoms with Crippen LogP contribution in [0.1, 0.15) is 13.3 Å². The molecule has 0 unspecified atom stereocenters. The van der Waals surface area contributed by atoms with Gasteiger partial charge in [0, 0.05) is 24.7 Å². The molecule has 1 amide bonds. The molecule has 30 heavy (non-hydrogen) atoms. The number of carbonyl (C=O) groups excluding carboxylic acids is 1. The van der Waals surface area contributed by atoms with Gasteiger partial charge in [0.15, 0.2) is 34.9 Å². The number of amides is 1.